The lowest BCUT2D eigenvalue weighted by Crippen LogP contribution is -2.44. The van der Waals surface area contributed by atoms with Crippen molar-refractivity contribution in [2.45, 2.75) is 39.7 Å². The van der Waals surface area contributed by atoms with Gasteiger partial charge in [0.2, 0.25) is 0 Å². The molecule has 0 aliphatic rings. The fourth-order valence-electron chi connectivity index (χ4n) is 2.09. The van der Waals surface area contributed by atoms with E-state index in [1.807, 2.05) is 13.0 Å². The number of nitrogens with zero attached hydrogens (tertiary/aromatic N) is 1. The van der Waals surface area contributed by atoms with Crippen molar-refractivity contribution in [3.05, 3.63) is 35.1 Å². The van der Waals surface area contributed by atoms with Gasteiger partial charge in [-0.25, -0.2) is 4.39 Å². The van der Waals surface area contributed by atoms with Crippen LogP contribution in [0.15, 0.2) is 23.2 Å². The van der Waals surface area contributed by atoms with Crippen molar-refractivity contribution >= 4 is 29.9 Å². The summed E-state index contributed by atoms with van der Waals surface area (Å²) in [6.45, 7) is 10.8. The average molecular weight is 436 g/mol. The monoisotopic (exact) mass is 436 g/mol. The Labute approximate surface area is 156 Å². The van der Waals surface area contributed by atoms with Gasteiger partial charge in [-0.1, -0.05) is 6.07 Å². The summed E-state index contributed by atoms with van der Waals surface area (Å²) in [6.07, 6.45) is 0.840. The standard InChI is InChI=1S/C17H29FN4.HI/c1-13-12-15(18)7-6-14(13)8-9-20-16(19-5)21-10-11-22-17(2,3)4;/h6-7,12,22H,8-11H2,1-5H3,(H2,19,20,21);1H. The van der Waals surface area contributed by atoms with E-state index < -0.39 is 0 Å². The number of nitrogens with one attached hydrogen (secondary N) is 3. The smallest absolute Gasteiger partial charge is 0.191 e. The van der Waals surface area contributed by atoms with Crippen LogP contribution >= 0.6 is 24.0 Å². The Morgan fingerprint density at radius 3 is 2.35 bits per heavy atom. The maximum absolute atomic E-state index is 13.1. The van der Waals surface area contributed by atoms with Gasteiger partial charge >= 0.3 is 0 Å². The first kappa shape index (κ1) is 22.1. The van der Waals surface area contributed by atoms with Gasteiger partial charge in [0.05, 0.1) is 0 Å². The number of benzene rings is 1. The summed E-state index contributed by atoms with van der Waals surface area (Å²) in [5, 5.41) is 9.96. The van der Waals surface area contributed by atoms with Gasteiger partial charge in [-0.2, -0.15) is 0 Å². The third-order valence-corrected chi connectivity index (χ3v) is 3.29. The molecule has 0 bridgehead atoms. The van der Waals surface area contributed by atoms with Crippen molar-refractivity contribution in [3.63, 3.8) is 0 Å². The second-order valence-electron chi connectivity index (χ2n) is 6.42. The van der Waals surface area contributed by atoms with E-state index in [9.17, 15) is 4.39 Å². The first-order valence-corrected chi connectivity index (χ1v) is 7.76. The van der Waals surface area contributed by atoms with Crippen LogP contribution in [0.5, 0.6) is 0 Å². The minimum Gasteiger partial charge on any atom is -0.356 e. The lowest BCUT2D eigenvalue weighted by molar-refractivity contribution is 0.428. The highest BCUT2D eigenvalue weighted by Crippen LogP contribution is 2.10. The molecule has 23 heavy (non-hydrogen) atoms. The van der Waals surface area contributed by atoms with E-state index in [2.05, 4.69) is 41.7 Å². The summed E-state index contributed by atoms with van der Waals surface area (Å²) >= 11 is 0. The Morgan fingerprint density at radius 1 is 1.13 bits per heavy atom. The molecule has 0 fully saturated rings. The Bertz CT molecular complexity index is 498. The molecule has 0 unspecified atom stereocenters. The van der Waals surface area contributed by atoms with Crippen molar-refractivity contribution in [2.75, 3.05) is 26.7 Å². The third-order valence-electron chi connectivity index (χ3n) is 3.29. The molecule has 6 heteroatoms. The summed E-state index contributed by atoms with van der Waals surface area (Å²) < 4.78 is 13.1. The molecule has 0 saturated carbocycles. The number of aryl methyl sites for hydroxylation is 1. The van der Waals surface area contributed by atoms with E-state index in [0.717, 1.165) is 43.1 Å². The van der Waals surface area contributed by atoms with Crippen LogP contribution < -0.4 is 16.0 Å². The molecule has 1 rings (SSSR count). The first-order chi connectivity index (χ1) is 10.3. The molecular formula is C17H30FIN4. The summed E-state index contributed by atoms with van der Waals surface area (Å²) in [7, 11) is 1.76. The highest BCUT2D eigenvalue weighted by Gasteiger charge is 2.07. The Kier molecular flexibility index (Phi) is 10.4. The van der Waals surface area contributed by atoms with Gasteiger partial charge in [0.25, 0.3) is 0 Å². The first-order valence-electron chi connectivity index (χ1n) is 7.76. The average Bonchev–Trinajstić information content (AvgIpc) is 2.42. The van der Waals surface area contributed by atoms with Crippen LogP contribution in [0.2, 0.25) is 0 Å². The fourth-order valence-corrected chi connectivity index (χ4v) is 2.09. The van der Waals surface area contributed by atoms with E-state index in [4.69, 9.17) is 0 Å². The molecule has 0 aliphatic carbocycles. The Hall–Kier alpha value is -0.890. The SMILES string of the molecule is CN=C(NCCNC(C)(C)C)NCCc1ccc(F)cc1C.I. The van der Waals surface area contributed by atoms with Gasteiger partial charge in [0.1, 0.15) is 5.82 Å². The lowest BCUT2D eigenvalue weighted by atomic mass is 10.1. The topological polar surface area (TPSA) is 48.5 Å². The van der Waals surface area contributed by atoms with Crippen LogP contribution in [-0.2, 0) is 6.42 Å². The molecule has 3 N–H and O–H groups in total. The molecule has 1 aromatic carbocycles. The van der Waals surface area contributed by atoms with Gasteiger partial charge < -0.3 is 16.0 Å². The van der Waals surface area contributed by atoms with Gasteiger partial charge in [-0.3, -0.25) is 4.99 Å². The van der Waals surface area contributed by atoms with Gasteiger partial charge in [0.15, 0.2) is 5.96 Å². The van der Waals surface area contributed by atoms with E-state index in [-0.39, 0.29) is 35.3 Å². The second-order valence-corrected chi connectivity index (χ2v) is 6.42. The zero-order chi connectivity index (χ0) is 16.6. The molecule has 0 aliphatic heterocycles. The summed E-state index contributed by atoms with van der Waals surface area (Å²) in [5.41, 5.74) is 2.26. The zero-order valence-electron chi connectivity index (χ0n) is 14.8. The van der Waals surface area contributed by atoms with Gasteiger partial charge in [0, 0.05) is 32.2 Å². The molecule has 0 heterocycles. The number of halogens is 2. The van der Waals surface area contributed by atoms with Gasteiger partial charge in [-0.15, -0.1) is 24.0 Å². The van der Waals surface area contributed by atoms with Crippen LogP contribution in [0.3, 0.4) is 0 Å². The molecule has 0 aromatic heterocycles. The lowest BCUT2D eigenvalue weighted by Gasteiger charge is -2.21. The number of rotatable bonds is 6. The van der Waals surface area contributed by atoms with Crippen molar-refractivity contribution in [3.8, 4) is 0 Å². The highest BCUT2D eigenvalue weighted by atomic mass is 127. The molecule has 0 atom stereocenters. The number of guanidine groups is 1. The summed E-state index contributed by atoms with van der Waals surface area (Å²) in [4.78, 5) is 4.20. The van der Waals surface area contributed by atoms with E-state index >= 15 is 0 Å². The fraction of sp³-hybridized carbons (Fsp3) is 0.588. The molecular weight excluding hydrogens is 406 g/mol. The van der Waals surface area contributed by atoms with Crippen LogP contribution in [0.1, 0.15) is 31.9 Å². The minimum absolute atomic E-state index is 0. The normalized spacial score (nSPS) is 11.8. The molecule has 0 radical (unpaired) electrons. The minimum atomic E-state index is -0.182. The molecule has 0 amide bonds. The molecule has 0 spiro atoms. The predicted molar refractivity (Wildman–Crippen MR) is 107 cm³/mol. The Balaban J connectivity index is 0.00000484. The predicted octanol–water partition coefficient (Wildman–Crippen LogP) is 2.85. The van der Waals surface area contributed by atoms with Crippen molar-refractivity contribution in [1.29, 1.82) is 0 Å². The molecule has 0 saturated heterocycles. The third kappa shape index (κ3) is 9.76. The second kappa shape index (κ2) is 10.8. The quantitative estimate of drug-likeness (QED) is 0.278. The zero-order valence-corrected chi connectivity index (χ0v) is 17.1. The van der Waals surface area contributed by atoms with Crippen LogP contribution in [0, 0.1) is 12.7 Å². The van der Waals surface area contributed by atoms with Gasteiger partial charge in [-0.05, 0) is 57.4 Å². The Morgan fingerprint density at radius 2 is 1.78 bits per heavy atom. The van der Waals surface area contributed by atoms with Crippen molar-refractivity contribution < 1.29 is 4.39 Å². The number of hydrogen-bond donors (Lipinski definition) is 3. The number of aliphatic imine (C=N–C) groups is 1. The maximum atomic E-state index is 13.1. The highest BCUT2D eigenvalue weighted by molar-refractivity contribution is 14.0. The van der Waals surface area contributed by atoms with Crippen molar-refractivity contribution in [1.82, 2.24) is 16.0 Å². The number of hydrogen-bond acceptors (Lipinski definition) is 2. The van der Waals surface area contributed by atoms with Crippen LogP contribution in [-0.4, -0.2) is 38.2 Å². The molecule has 132 valence electrons. The summed E-state index contributed by atoms with van der Waals surface area (Å²) in [5.74, 6) is 0.605. The maximum Gasteiger partial charge on any atom is 0.191 e. The van der Waals surface area contributed by atoms with Crippen molar-refractivity contribution in [2.24, 2.45) is 4.99 Å². The van der Waals surface area contributed by atoms with E-state index in [1.165, 1.54) is 6.07 Å². The molecule has 1 aromatic rings. The van der Waals surface area contributed by atoms with E-state index in [1.54, 1.807) is 13.1 Å². The largest absolute Gasteiger partial charge is 0.356 e. The van der Waals surface area contributed by atoms with E-state index in [0.29, 0.717) is 0 Å². The molecule has 4 nitrogen and oxygen atoms in total. The van der Waals surface area contributed by atoms with Crippen LogP contribution in [0.4, 0.5) is 4.39 Å². The summed E-state index contributed by atoms with van der Waals surface area (Å²) in [6, 6.07) is 4.92. The van der Waals surface area contributed by atoms with Crippen LogP contribution in [0.25, 0.3) is 0 Å².